The first kappa shape index (κ1) is 9.93. The van der Waals surface area contributed by atoms with Crippen LogP contribution in [0.5, 0.6) is 0 Å². The topological polar surface area (TPSA) is 65.2 Å². The third-order valence-corrected chi connectivity index (χ3v) is 1.93. The molecule has 0 bridgehead atoms. The molecule has 0 atom stereocenters. The number of rotatable bonds is 1. The molecule has 0 radical (unpaired) electrons. The Balaban J connectivity index is 3.10. The standard InChI is InChI=1S/C5H3F3N2O2S/c6-5(7,8)3-2(4(11)12-9)13-1-10-3/h1H,9H2. The smallest absolute Gasteiger partial charge is 0.369 e. The predicted octanol–water partition coefficient (Wildman–Crippen LogP) is 1.19. The second-order valence-electron chi connectivity index (χ2n) is 1.93. The summed E-state index contributed by atoms with van der Waals surface area (Å²) in [6.07, 6.45) is -4.66. The van der Waals surface area contributed by atoms with Crippen LogP contribution in [0.2, 0.25) is 0 Å². The molecule has 0 amide bonds. The van der Waals surface area contributed by atoms with Gasteiger partial charge in [0.15, 0.2) is 5.69 Å². The molecule has 0 spiro atoms. The number of nitrogens with two attached hydrogens (primary N) is 1. The molecule has 4 nitrogen and oxygen atoms in total. The van der Waals surface area contributed by atoms with Gasteiger partial charge in [0.25, 0.3) is 0 Å². The van der Waals surface area contributed by atoms with Gasteiger partial charge in [-0.1, -0.05) is 0 Å². The predicted molar refractivity (Wildman–Crippen MR) is 36.7 cm³/mol. The molecule has 1 rings (SSSR count). The van der Waals surface area contributed by atoms with Gasteiger partial charge in [-0.05, 0) is 0 Å². The lowest BCUT2D eigenvalue weighted by atomic mass is 10.3. The third-order valence-electron chi connectivity index (χ3n) is 1.13. The van der Waals surface area contributed by atoms with Gasteiger partial charge in [-0.25, -0.2) is 9.78 Å². The molecule has 1 aromatic heterocycles. The van der Waals surface area contributed by atoms with Crippen molar-refractivity contribution >= 4 is 17.3 Å². The fourth-order valence-corrected chi connectivity index (χ4v) is 1.33. The highest BCUT2D eigenvalue weighted by molar-refractivity contribution is 7.11. The lowest BCUT2D eigenvalue weighted by Gasteiger charge is -2.03. The first-order valence-electron chi connectivity index (χ1n) is 2.88. The van der Waals surface area contributed by atoms with Crippen LogP contribution in [0.15, 0.2) is 5.51 Å². The highest BCUT2D eigenvalue weighted by Crippen LogP contribution is 2.32. The fourth-order valence-electron chi connectivity index (χ4n) is 0.646. The summed E-state index contributed by atoms with van der Waals surface area (Å²) >= 11 is 0.523. The quantitative estimate of drug-likeness (QED) is 0.710. The van der Waals surface area contributed by atoms with Crippen molar-refractivity contribution in [1.82, 2.24) is 4.98 Å². The number of carbonyl (C=O) groups is 1. The number of halogens is 3. The van der Waals surface area contributed by atoms with E-state index < -0.39 is 22.7 Å². The number of nitrogens with zero attached hydrogens (tertiary/aromatic N) is 1. The molecule has 2 N–H and O–H groups in total. The Morgan fingerprint density at radius 1 is 1.62 bits per heavy atom. The van der Waals surface area contributed by atoms with Crippen molar-refractivity contribution in [3.63, 3.8) is 0 Å². The van der Waals surface area contributed by atoms with Crippen molar-refractivity contribution in [2.24, 2.45) is 5.90 Å². The maximum absolute atomic E-state index is 12.1. The molecule has 0 saturated heterocycles. The van der Waals surface area contributed by atoms with E-state index >= 15 is 0 Å². The Morgan fingerprint density at radius 3 is 2.69 bits per heavy atom. The summed E-state index contributed by atoms with van der Waals surface area (Å²) in [6.45, 7) is 0. The fraction of sp³-hybridized carbons (Fsp3) is 0.200. The van der Waals surface area contributed by atoms with Gasteiger partial charge in [0.05, 0.1) is 5.51 Å². The van der Waals surface area contributed by atoms with Crippen LogP contribution in [0.3, 0.4) is 0 Å². The van der Waals surface area contributed by atoms with Crippen molar-refractivity contribution in [1.29, 1.82) is 0 Å². The molecule has 0 aliphatic heterocycles. The summed E-state index contributed by atoms with van der Waals surface area (Å²) in [7, 11) is 0. The third kappa shape index (κ3) is 1.95. The Labute approximate surface area is 74.1 Å². The van der Waals surface area contributed by atoms with Crippen molar-refractivity contribution in [2.45, 2.75) is 6.18 Å². The normalized spacial score (nSPS) is 11.4. The van der Waals surface area contributed by atoms with E-state index in [1.54, 1.807) is 0 Å². The maximum Gasteiger partial charge on any atom is 0.435 e. The van der Waals surface area contributed by atoms with Gasteiger partial charge in [0, 0.05) is 0 Å². The summed E-state index contributed by atoms with van der Waals surface area (Å²) in [5.74, 6) is 3.20. The summed E-state index contributed by atoms with van der Waals surface area (Å²) in [4.78, 5) is 16.7. The van der Waals surface area contributed by atoms with Gasteiger partial charge < -0.3 is 4.84 Å². The molecule has 1 aromatic rings. The number of alkyl halides is 3. The molecule has 0 saturated carbocycles. The van der Waals surface area contributed by atoms with E-state index in [-0.39, 0.29) is 0 Å². The van der Waals surface area contributed by atoms with Crippen LogP contribution in [-0.4, -0.2) is 11.0 Å². The van der Waals surface area contributed by atoms with Gasteiger partial charge in [-0.15, -0.1) is 11.3 Å². The lowest BCUT2D eigenvalue weighted by molar-refractivity contribution is -0.141. The van der Waals surface area contributed by atoms with Gasteiger partial charge in [0.1, 0.15) is 4.88 Å². The van der Waals surface area contributed by atoms with Crippen LogP contribution >= 0.6 is 11.3 Å². The molecule has 72 valence electrons. The lowest BCUT2D eigenvalue weighted by Crippen LogP contribution is -2.15. The Hall–Kier alpha value is -1.15. The second kappa shape index (κ2) is 3.30. The minimum atomic E-state index is -4.66. The van der Waals surface area contributed by atoms with E-state index in [9.17, 15) is 18.0 Å². The summed E-state index contributed by atoms with van der Waals surface area (Å²) in [5.41, 5.74) is -0.373. The van der Waals surface area contributed by atoms with Gasteiger partial charge >= 0.3 is 12.1 Å². The summed E-state index contributed by atoms with van der Waals surface area (Å²) in [5, 5.41) is 0. The van der Waals surface area contributed by atoms with E-state index in [0.717, 1.165) is 5.51 Å². The largest absolute Gasteiger partial charge is 0.435 e. The van der Waals surface area contributed by atoms with Crippen LogP contribution < -0.4 is 5.90 Å². The van der Waals surface area contributed by atoms with Crippen LogP contribution in [-0.2, 0) is 11.0 Å². The number of hydrogen-bond donors (Lipinski definition) is 1. The zero-order valence-corrected chi connectivity index (χ0v) is 6.78. The number of carbonyl (C=O) groups excluding carboxylic acids is 1. The van der Waals surface area contributed by atoms with E-state index in [2.05, 4.69) is 15.7 Å². The first-order valence-corrected chi connectivity index (χ1v) is 3.76. The van der Waals surface area contributed by atoms with Crippen LogP contribution in [0, 0.1) is 0 Å². The molecule has 0 aliphatic carbocycles. The van der Waals surface area contributed by atoms with Gasteiger partial charge in [0.2, 0.25) is 0 Å². The summed E-state index contributed by atoms with van der Waals surface area (Å²) in [6, 6.07) is 0. The number of hydrogen-bond acceptors (Lipinski definition) is 5. The molecule has 0 fully saturated rings. The first-order chi connectivity index (χ1) is 5.96. The number of thiazole rings is 1. The highest BCUT2D eigenvalue weighted by atomic mass is 32.1. The molecule has 1 heterocycles. The zero-order chi connectivity index (χ0) is 10.1. The second-order valence-corrected chi connectivity index (χ2v) is 2.79. The van der Waals surface area contributed by atoms with Crippen LogP contribution in [0.1, 0.15) is 15.4 Å². The Bertz CT molecular complexity index is 322. The molecule has 0 aliphatic rings. The molecule has 0 unspecified atom stereocenters. The SMILES string of the molecule is NOC(=O)c1scnc1C(F)(F)F. The van der Waals surface area contributed by atoms with Crippen LogP contribution in [0.25, 0.3) is 0 Å². The molecule has 8 heteroatoms. The van der Waals surface area contributed by atoms with Crippen molar-refractivity contribution in [2.75, 3.05) is 0 Å². The summed E-state index contributed by atoms with van der Waals surface area (Å²) < 4.78 is 36.2. The Kier molecular flexibility index (Phi) is 2.52. The maximum atomic E-state index is 12.1. The van der Waals surface area contributed by atoms with Crippen LogP contribution in [0.4, 0.5) is 13.2 Å². The highest BCUT2D eigenvalue weighted by Gasteiger charge is 2.38. The number of aromatic nitrogens is 1. The van der Waals surface area contributed by atoms with E-state index in [1.807, 2.05) is 0 Å². The van der Waals surface area contributed by atoms with Crippen molar-refractivity contribution in [3.8, 4) is 0 Å². The Morgan fingerprint density at radius 2 is 2.23 bits per heavy atom. The molecular formula is C5H3F3N2O2S. The van der Waals surface area contributed by atoms with Crippen molar-refractivity contribution < 1.29 is 22.8 Å². The van der Waals surface area contributed by atoms with E-state index in [0.29, 0.717) is 11.3 Å². The van der Waals surface area contributed by atoms with E-state index in [1.165, 1.54) is 0 Å². The minimum Gasteiger partial charge on any atom is -0.369 e. The zero-order valence-electron chi connectivity index (χ0n) is 5.96. The van der Waals surface area contributed by atoms with Crippen molar-refractivity contribution in [3.05, 3.63) is 16.1 Å². The molecule has 13 heavy (non-hydrogen) atoms. The monoisotopic (exact) mass is 212 g/mol. The van der Waals surface area contributed by atoms with Gasteiger partial charge in [-0.2, -0.15) is 19.1 Å². The van der Waals surface area contributed by atoms with E-state index in [4.69, 9.17) is 0 Å². The molecular weight excluding hydrogens is 209 g/mol. The average Bonchev–Trinajstić information content (AvgIpc) is 2.49. The average molecular weight is 212 g/mol. The molecule has 0 aromatic carbocycles. The minimum absolute atomic E-state index is 0.523. The van der Waals surface area contributed by atoms with Gasteiger partial charge in [-0.3, -0.25) is 0 Å².